The van der Waals surface area contributed by atoms with Gasteiger partial charge in [-0.15, -0.1) is 0 Å². The van der Waals surface area contributed by atoms with Crippen LogP contribution >= 0.6 is 33.2 Å². The van der Waals surface area contributed by atoms with Crippen LogP contribution in [0.25, 0.3) is 0 Å². The molecule has 0 unspecified atom stereocenters. The summed E-state index contributed by atoms with van der Waals surface area (Å²) in [6.45, 7) is 2.86. The Labute approximate surface area is 128 Å². The molecule has 0 aliphatic carbocycles. The maximum Gasteiger partial charge on any atom is 0.493 e. The summed E-state index contributed by atoms with van der Waals surface area (Å²) in [7, 11) is 0. The van der Waals surface area contributed by atoms with E-state index in [-0.39, 0.29) is 0 Å². The van der Waals surface area contributed by atoms with Gasteiger partial charge in [0.2, 0.25) is 0 Å². The van der Waals surface area contributed by atoms with Crippen molar-refractivity contribution in [1.29, 1.82) is 0 Å². The first-order valence-electron chi connectivity index (χ1n) is 7.27. The predicted octanol–water partition coefficient (Wildman–Crippen LogP) is 6.47. The lowest BCUT2D eigenvalue weighted by Gasteiger charge is -2.08. The third-order valence-electron chi connectivity index (χ3n) is 3.01. The van der Waals surface area contributed by atoms with Crippen molar-refractivity contribution in [3.63, 3.8) is 0 Å². The van der Waals surface area contributed by atoms with Crippen molar-refractivity contribution in [1.82, 2.24) is 0 Å². The predicted molar refractivity (Wildman–Crippen MR) is 85.7 cm³/mol. The average molecular weight is 334 g/mol. The number of hydrogen-bond donors (Lipinski definition) is 0. The van der Waals surface area contributed by atoms with E-state index in [1.165, 1.54) is 64.2 Å². The molecule has 0 fully saturated rings. The van der Waals surface area contributed by atoms with Crippen LogP contribution in [0.4, 0.5) is 0 Å². The van der Waals surface area contributed by atoms with Crippen LogP contribution in [0.2, 0.25) is 0 Å². The highest BCUT2D eigenvalue weighted by atomic mass is 35.8. The summed E-state index contributed by atoms with van der Waals surface area (Å²) >= 11 is 16.8. The highest BCUT2D eigenvalue weighted by Gasteiger charge is 2.26. The molecule has 0 aliphatic rings. The van der Waals surface area contributed by atoms with Crippen molar-refractivity contribution in [3.8, 4) is 0 Å². The van der Waals surface area contributed by atoms with Gasteiger partial charge in [0.25, 0.3) is 0 Å². The van der Waals surface area contributed by atoms with Crippen LogP contribution in [-0.2, 0) is 4.43 Å². The molecule has 0 aliphatic heterocycles. The van der Waals surface area contributed by atoms with E-state index in [9.17, 15) is 0 Å². The molecular weight excluding hydrogens is 307 g/mol. The lowest BCUT2D eigenvalue weighted by molar-refractivity contribution is 0.320. The van der Waals surface area contributed by atoms with Crippen molar-refractivity contribution in [2.75, 3.05) is 6.61 Å². The molecule has 0 aromatic rings. The minimum atomic E-state index is -2.84. The number of rotatable bonds is 13. The van der Waals surface area contributed by atoms with E-state index in [2.05, 4.69) is 6.92 Å². The summed E-state index contributed by atoms with van der Waals surface area (Å²) in [5.74, 6) is 0. The molecule has 0 aromatic carbocycles. The second kappa shape index (κ2) is 13.0. The molecule has 1 nitrogen and oxygen atoms in total. The van der Waals surface area contributed by atoms with Gasteiger partial charge in [0.05, 0.1) is 0 Å². The second-order valence-electron chi connectivity index (χ2n) is 4.83. The topological polar surface area (TPSA) is 9.23 Å². The Hall–Kier alpha value is 1.05. The van der Waals surface area contributed by atoms with Gasteiger partial charge in [-0.05, 0) is 6.42 Å². The van der Waals surface area contributed by atoms with Gasteiger partial charge in [0.15, 0.2) is 0 Å². The van der Waals surface area contributed by atoms with Crippen LogP contribution in [0, 0.1) is 0 Å². The lowest BCUT2D eigenvalue weighted by atomic mass is 10.1. The SMILES string of the molecule is CCCCCCCCCCCCCO[Si](Cl)(Cl)Cl. The molecule has 5 heteroatoms. The Balaban J connectivity index is 2.99. The van der Waals surface area contributed by atoms with Gasteiger partial charge in [0, 0.05) is 6.61 Å². The van der Waals surface area contributed by atoms with Crippen molar-refractivity contribution in [2.24, 2.45) is 0 Å². The molecule has 0 atom stereocenters. The molecule has 0 N–H and O–H groups in total. The maximum absolute atomic E-state index is 5.61. The Morgan fingerprint density at radius 2 is 1.06 bits per heavy atom. The normalized spacial score (nSPS) is 12.0. The van der Waals surface area contributed by atoms with Gasteiger partial charge < -0.3 is 4.43 Å². The molecule has 0 amide bonds. The van der Waals surface area contributed by atoms with Crippen molar-refractivity contribution >= 4 is 39.5 Å². The molecule has 0 bridgehead atoms. The number of halogens is 3. The van der Waals surface area contributed by atoms with Crippen molar-refractivity contribution in [3.05, 3.63) is 0 Å². The Bertz CT molecular complexity index is 174. The lowest BCUT2D eigenvalue weighted by Crippen LogP contribution is -2.16. The molecular formula is C13H27Cl3OSi. The van der Waals surface area contributed by atoms with Crippen LogP contribution in [0.3, 0.4) is 0 Å². The van der Waals surface area contributed by atoms with Gasteiger partial charge >= 0.3 is 6.25 Å². The molecule has 0 spiro atoms. The van der Waals surface area contributed by atoms with Crippen molar-refractivity contribution < 1.29 is 4.43 Å². The standard InChI is InChI=1S/C13H27Cl3OSi/c1-2-3-4-5-6-7-8-9-10-11-12-13-17-18(14,15)16/h2-13H2,1H3. The first-order valence-corrected chi connectivity index (χ1v) is 12.2. The highest BCUT2D eigenvalue weighted by molar-refractivity contribution is 7.62. The third-order valence-corrected chi connectivity index (χ3v) is 4.53. The summed E-state index contributed by atoms with van der Waals surface area (Å²) in [5.41, 5.74) is 0. The molecule has 0 aromatic heterocycles. The summed E-state index contributed by atoms with van der Waals surface area (Å²) < 4.78 is 5.15. The maximum atomic E-state index is 5.61. The fourth-order valence-corrected chi connectivity index (χ4v) is 3.02. The minimum Gasteiger partial charge on any atom is -0.381 e. The van der Waals surface area contributed by atoms with Gasteiger partial charge in [0.1, 0.15) is 0 Å². The average Bonchev–Trinajstić information content (AvgIpc) is 2.29. The van der Waals surface area contributed by atoms with E-state index >= 15 is 0 Å². The molecule has 0 saturated carbocycles. The molecule has 0 saturated heterocycles. The molecule has 18 heavy (non-hydrogen) atoms. The van der Waals surface area contributed by atoms with Crippen LogP contribution in [-0.4, -0.2) is 12.9 Å². The fourth-order valence-electron chi connectivity index (χ4n) is 1.95. The first-order chi connectivity index (χ1) is 8.56. The second-order valence-corrected chi connectivity index (χ2v) is 12.5. The van der Waals surface area contributed by atoms with Gasteiger partial charge in [-0.3, -0.25) is 0 Å². The fraction of sp³-hybridized carbons (Fsp3) is 1.00. The van der Waals surface area contributed by atoms with E-state index in [1.807, 2.05) is 0 Å². The highest BCUT2D eigenvalue weighted by Crippen LogP contribution is 2.21. The van der Waals surface area contributed by atoms with Crippen LogP contribution in [0.15, 0.2) is 0 Å². The van der Waals surface area contributed by atoms with Crippen LogP contribution < -0.4 is 0 Å². The summed E-state index contributed by atoms with van der Waals surface area (Å²) in [4.78, 5) is 0. The number of unbranched alkanes of at least 4 members (excludes halogenated alkanes) is 10. The molecule has 110 valence electrons. The van der Waals surface area contributed by atoms with Gasteiger partial charge in [-0.25, -0.2) is 0 Å². The van der Waals surface area contributed by atoms with Gasteiger partial charge in [-0.1, -0.05) is 104 Å². The Morgan fingerprint density at radius 1 is 0.667 bits per heavy atom. The number of hydrogen-bond acceptors (Lipinski definition) is 1. The van der Waals surface area contributed by atoms with E-state index < -0.39 is 6.25 Å². The summed E-state index contributed by atoms with van der Waals surface area (Å²) in [5, 5.41) is 0. The van der Waals surface area contributed by atoms with Crippen LogP contribution in [0.5, 0.6) is 0 Å². The smallest absolute Gasteiger partial charge is 0.381 e. The minimum absolute atomic E-state index is 0.597. The zero-order valence-corrected chi connectivity index (χ0v) is 14.8. The Kier molecular flexibility index (Phi) is 13.8. The molecule has 0 heterocycles. The van der Waals surface area contributed by atoms with Crippen molar-refractivity contribution in [2.45, 2.75) is 77.6 Å². The van der Waals surface area contributed by atoms with E-state index in [1.54, 1.807) is 0 Å². The third kappa shape index (κ3) is 17.0. The zero-order chi connectivity index (χ0) is 13.7. The Morgan fingerprint density at radius 3 is 1.44 bits per heavy atom. The molecule has 0 rings (SSSR count). The van der Waals surface area contributed by atoms with Crippen LogP contribution in [0.1, 0.15) is 77.6 Å². The largest absolute Gasteiger partial charge is 0.493 e. The van der Waals surface area contributed by atoms with E-state index in [0.717, 1.165) is 6.42 Å². The van der Waals surface area contributed by atoms with E-state index in [4.69, 9.17) is 37.7 Å². The quantitative estimate of drug-likeness (QED) is 0.213. The first kappa shape index (κ1) is 19.0. The van der Waals surface area contributed by atoms with Gasteiger partial charge in [-0.2, -0.15) is 0 Å². The molecule has 0 radical (unpaired) electrons. The monoisotopic (exact) mass is 332 g/mol. The van der Waals surface area contributed by atoms with E-state index in [0.29, 0.717) is 6.61 Å². The summed E-state index contributed by atoms with van der Waals surface area (Å²) in [6.07, 6.45) is 11.7. The zero-order valence-electron chi connectivity index (χ0n) is 11.5. The summed E-state index contributed by atoms with van der Waals surface area (Å²) in [6, 6.07) is 0.